The first-order valence-electron chi connectivity index (χ1n) is 8.98. The zero-order chi connectivity index (χ0) is 13.7. The molecule has 0 aromatic rings. The number of fused-ring (bicyclic) bond motifs is 4. The van der Waals surface area contributed by atoms with Gasteiger partial charge in [-0.05, 0) is 62.7 Å². The van der Waals surface area contributed by atoms with Gasteiger partial charge in [-0.3, -0.25) is 9.69 Å². The van der Waals surface area contributed by atoms with Crippen LogP contribution in [0.25, 0.3) is 0 Å². The molecule has 2 saturated carbocycles. The van der Waals surface area contributed by atoms with Crippen LogP contribution in [-0.4, -0.2) is 28.8 Å². The van der Waals surface area contributed by atoms with Gasteiger partial charge in [-0.25, -0.2) is 0 Å². The molecule has 2 heterocycles. The largest absolute Gasteiger partial charge is 0.300 e. The summed E-state index contributed by atoms with van der Waals surface area (Å²) < 4.78 is 0. The van der Waals surface area contributed by atoms with Crippen LogP contribution in [0, 0.1) is 17.8 Å². The third-order valence-electron chi connectivity index (χ3n) is 6.62. The minimum Gasteiger partial charge on any atom is -0.300 e. The molecule has 4 fully saturated rings. The third-order valence-corrected chi connectivity index (χ3v) is 6.62. The minimum absolute atomic E-state index is 0.542. The maximum absolute atomic E-state index is 11.9. The van der Waals surface area contributed by atoms with Crippen LogP contribution >= 0.6 is 0 Å². The van der Waals surface area contributed by atoms with Crippen LogP contribution in [0.5, 0.6) is 0 Å². The van der Waals surface area contributed by atoms with Gasteiger partial charge in [0.15, 0.2) is 0 Å². The lowest BCUT2D eigenvalue weighted by Gasteiger charge is -2.53. The number of hydrogen-bond acceptors (Lipinski definition) is 2. The second-order valence-electron chi connectivity index (χ2n) is 8.30. The average molecular weight is 275 g/mol. The van der Waals surface area contributed by atoms with Gasteiger partial charge >= 0.3 is 0 Å². The van der Waals surface area contributed by atoms with Crippen molar-refractivity contribution in [1.82, 2.24) is 4.90 Å². The minimum atomic E-state index is 0.542. The van der Waals surface area contributed by atoms with Gasteiger partial charge in [-0.2, -0.15) is 0 Å². The molecule has 0 N–H and O–H groups in total. The smallest absolute Gasteiger partial charge is 0.136 e. The molecule has 0 aromatic carbocycles. The van der Waals surface area contributed by atoms with Gasteiger partial charge in [0.25, 0.3) is 0 Å². The van der Waals surface area contributed by atoms with E-state index in [-0.39, 0.29) is 0 Å². The van der Waals surface area contributed by atoms with Crippen LogP contribution in [0.3, 0.4) is 0 Å². The van der Waals surface area contributed by atoms with E-state index < -0.39 is 0 Å². The first-order valence-corrected chi connectivity index (χ1v) is 8.98. The van der Waals surface area contributed by atoms with Crippen molar-refractivity contribution in [2.75, 3.05) is 0 Å². The second-order valence-corrected chi connectivity index (χ2v) is 8.30. The van der Waals surface area contributed by atoms with Crippen molar-refractivity contribution in [3.8, 4) is 0 Å². The molecule has 0 spiro atoms. The summed E-state index contributed by atoms with van der Waals surface area (Å²) in [5.41, 5.74) is 0. The third kappa shape index (κ3) is 2.34. The van der Waals surface area contributed by atoms with E-state index in [2.05, 4.69) is 11.8 Å². The fraction of sp³-hybridized carbons (Fsp3) is 0.944. The Morgan fingerprint density at radius 3 is 2.05 bits per heavy atom. The Kier molecular flexibility index (Phi) is 3.41. The van der Waals surface area contributed by atoms with E-state index in [4.69, 9.17) is 0 Å². The quantitative estimate of drug-likeness (QED) is 0.725. The van der Waals surface area contributed by atoms with Crippen LogP contribution < -0.4 is 0 Å². The number of piperidine rings is 2. The van der Waals surface area contributed by atoms with Crippen molar-refractivity contribution in [3.05, 3.63) is 0 Å². The Balaban J connectivity index is 1.51. The Bertz CT molecular complexity index is 359. The van der Waals surface area contributed by atoms with E-state index in [9.17, 15) is 4.79 Å². The fourth-order valence-corrected chi connectivity index (χ4v) is 6.20. The molecule has 112 valence electrons. The van der Waals surface area contributed by atoms with Crippen LogP contribution in [0.2, 0.25) is 0 Å². The van der Waals surface area contributed by atoms with Gasteiger partial charge in [-0.1, -0.05) is 13.3 Å². The summed E-state index contributed by atoms with van der Waals surface area (Å²) in [4.78, 5) is 14.8. The van der Waals surface area contributed by atoms with Gasteiger partial charge in [-0.15, -0.1) is 0 Å². The molecule has 0 amide bonds. The highest BCUT2D eigenvalue weighted by atomic mass is 16.1. The monoisotopic (exact) mass is 275 g/mol. The summed E-state index contributed by atoms with van der Waals surface area (Å²) >= 11 is 0. The normalized spacial score (nSPS) is 49.1. The Labute approximate surface area is 123 Å². The van der Waals surface area contributed by atoms with Gasteiger partial charge in [0.1, 0.15) is 5.78 Å². The maximum Gasteiger partial charge on any atom is 0.136 e. The zero-order valence-electron chi connectivity index (χ0n) is 12.9. The van der Waals surface area contributed by atoms with Crippen LogP contribution in [0.15, 0.2) is 0 Å². The molecule has 2 nitrogen and oxygen atoms in total. The molecule has 0 radical (unpaired) electrons. The molecule has 2 aliphatic carbocycles. The summed E-state index contributed by atoms with van der Waals surface area (Å²) in [6.45, 7) is 2.45. The van der Waals surface area contributed by atoms with Crippen LogP contribution in [0.1, 0.15) is 71.1 Å². The molecule has 20 heavy (non-hydrogen) atoms. The van der Waals surface area contributed by atoms with E-state index in [1.54, 1.807) is 0 Å². The van der Waals surface area contributed by atoms with Crippen molar-refractivity contribution in [3.63, 3.8) is 0 Å². The van der Waals surface area contributed by atoms with Crippen molar-refractivity contribution >= 4 is 5.78 Å². The first-order chi connectivity index (χ1) is 9.69. The Morgan fingerprint density at radius 1 is 0.850 bits per heavy atom. The number of carbonyl (C=O) groups excluding carboxylic acids is 1. The Hall–Kier alpha value is -0.370. The predicted octanol–water partition coefficient (Wildman–Crippen LogP) is 3.79. The molecule has 4 rings (SSSR count). The average Bonchev–Trinajstić information content (AvgIpc) is 2.35. The topological polar surface area (TPSA) is 20.3 Å². The molecule has 6 atom stereocenters. The summed E-state index contributed by atoms with van der Waals surface area (Å²) in [5, 5.41) is 0. The van der Waals surface area contributed by atoms with Crippen molar-refractivity contribution < 1.29 is 4.79 Å². The van der Waals surface area contributed by atoms with E-state index in [0.29, 0.717) is 17.9 Å². The predicted molar refractivity (Wildman–Crippen MR) is 80.5 cm³/mol. The van der Waals surface area contributed by atoms with Crippen molar-refractivity contribution in [2.45, 2.75) is 89.3 Å². The summed E-state index contributed by atoms with van der Waals surface area (Å²) in [5.74, 6) is 3.48. The van der Waals surface area contributed by atoms with Gasteiger partial charge in [0.2, 0.25) is 0 Å². The molecule has 0 aromatic heterocycles. The molecule has 4 aliphatic rings. The van der Waals surface area contributed by atoms with E-state index >= 15 is 0 Å². The lowest BCUT2D eigenvalue weighted by Crippen LogP contribution is -2.58. The number of hydrogen-bond donors (Lipinski definition) is 0. The molecule has 2 unspecified atom stereocenters. The first kappa shape index (κ1) is 13.3. The van der Waals surface area contributed by atoms with E-state index in [0.717, 1.165) is 36.6 Å². The highest BCUT2D eigenvalue weighted by molar-refractivity contribution is 5.80. The zero-order valence-corrected chi connectivity index (χ0v) is 12.9. The second kappa shape index (κ2) is 5.12. The Morgan fingerprint density at radius 2 is 1.45 bits per heavy atom. The standard InChI is InChI=1S/C18H29NO/c1-12-5-13-7-14(6-12)9-17(8-13)19-15-3-2-4-16(19)11-18(20)10-15/h12-17H,2-11H2,1H3/t12?,13-,14+,15-,16+,17?. The highest BCUT2D eigenvalue weighted by Gasteiger charge is 2.44. The molecular formula is C18H29NO. The van der Waals surface area contributed by atoms with E-state index in [1.165, 1.54) is 51.4 Å². The molecule has 2 heteroatoms. The lowest BCUT2D eigenvalue weighted by molar-refractivity contribution is -0.130. The number of carbonyl (C=O) groups is 1. The van der Waals surface area contributed by atoms with Crippen molar-refractivity contribution in [1.29, 1.82) is 0 Å². The van der Waals surface area contributed by atoms with E-state index in [1.807, 2.05) is 0 Å². The summed E-state index contributed by atoms with van der Waals surface area (Å²) in [7, 11) is 0. The molecule has 4 bridgehead atoms. The highest BCUT2D eigenvalue weighted by Crippen LogP contribution is 2.46. The molecular weight excluding hydrogens is 246 g/mol. The molecule has 2 saturated heterocycles. The summed E-state index contributed by atoms with van der Waals surface area (Å²) in [6.07, 6.45) is 12.9. The van der Waals surface area contributed by atoms with Crippen LogP contribution in [0.4, 0.5) is 0 Å². The fourth-order valence-electron chi connectivity index (χ4n) is 6.20. The van der Waals surface area contributed by atoms with Crippen LogP contribution in [-0.2, 0) is 4.79 Å². The molecule has 2 aliphatic heterocycles. The SMILES string of the molecule is CC1C[C@@H]2CC(N3[C@@H]4CCC[C@H]3CC(=O)C4)C[C@H](C1)C2. The number of Topliss-reactive ketones (excluding diaryl/α,β-unsaturated/α-hetero) is 1. The number of nitrogens with zero attached hydrogens (tertiary/aromatic N) is 1. The van der Waals surface area contributed by atoms with Crippen molar-refractivity contribution in [2.24, 2.45) is 17.8 Å². The maximum atomic E-state index is 11.9. The number of ketones is 1. The van der Waals surface area contributed by atoms with Gasteiger partial charge in [0, 0.05) is 31.0 Å². The lowest BCUT2D eigenvalue weighted by atomic mass is 9.65. The van der Waals surface area contributed by atoms with Gasteiger partial charge < -0.3 is 0 Å². The summed E-state index contributed by atoms with van der Waals surface area (Å²) in [6, 6.07) is 2.03. The van der Waals surface area contributed by atoms with Gasteiger partial charge in [0.05, 0.1) is 0 Å². The number of rotatable bonds is 1.